The van der Waals surface area contributed by atoms with Gasteiger partial charge in [-0.25, -0.2) is 0 Å². The van der Waals surface area contributed by atoms with Crippen LogP contribution < -0.4 is 5.32 Å². The summed E-state index contributed by atoms with van der Waals surface area (Å²) >= 11 is 0. The topological polar surface area (TPSA) is 66.4 Å². The van der Waals surface area contributed by atoms with Crippen molar-refractivity contribution in [2.45, 2.75) is 52.9 Å². The third kappa shape index (κ3) is 6.43. The van der Waals surface area contributed by atoms with Crippen molar-refractivity contribution in [3.8, 4) is 0 Å². The molecule has 1 aromatic rings. The largest absolute Gasteiger partial charge is 0.481 e. The van der Waals surface area contributed by atoms with Crippen molar-refractivity contribution >= 4 is 11.9 Å². The van der Waals surface area contributed by atoms with Gasteiger partial charge in [-0.15, -0.1) is 0 Å². The molecular weight excluding hydrogens is 266 g/mol. The highest BCUT2D eigenvalue weighted by molar-refractivity contribution is 5.79. The van der Waals surface area contributed by atoms with Crippen molar-refractivity contribution < 1.29 is 14.7 Å². The Hall–Kier alpha value is -1.84. The Morgan fingerprint density at radius 1 is 1.05 bits per heavy atom. The second-order valence-corrected chi connectivity index (χ2v) is 5.61. The Kier molecular flexibility index (Phi) is 6.92. The van der Waals surface area contributed by atoms with Gasteiger partial charge in [0, 0.05) is 13.0 Å². The molecule has 1 rings (SSSR count). The number of carbonyl (C=O) groups excluding carboxylic acids is 1. The fourth-order valence-electron chi connectivity index (χ4n) is 2.52. The molecule has 0 unspecified atom stereocenters. The lowest BCUT2D eigenvalue weighted by Gasteiger charge is -2.11. The molecule has 0 radical (unpaired) electrons. The maximum absolute atomic E-state index is 11.9. The molecule has 0 saturated carbocycles. The predicted octanol–water partition coefficient (Wildman–Crippen LogP) is 2.92. The summed E-state index contributed by atoms with van der Waals surface area (Å²) < 4.78 is 0. The predicted molar refractivity (Wildman–Crippen MR) is 83.5 cm³/mol. The number of carbonyl (C=O) groups is 2. The van der Waals surface area contributed by atoms with Gasteiger partial charge in [0.25, 0.3) is 0 Å². The average Bonchev–Trinajstić information content (AvgIpc) is 2.37. The van der Waals surface area contributed by atoms with Gasteiger partial charge < -0.3 is 10.4 Å². The van der Waals surface area contributed by atoms with E-state index in [1.807, 2.05) is 13.8 Å². The van der Waals surface area contributed by atoms with Gasteiger partial charge in [-0.1, -0.05) is 24.1 Å². The second kappa shape index (κ2) is 8.45. The first kappa shape index (κ1) is 17.2. The minimum Gasteiger partial charge on any atom is -0.481 e. The van der Waals surface area contributed by atoms with Crippen molar-refractivity contribution in [2.75, 3.05) is 6.54 Å². The molecule has 2 N–H and O–H groups in total. The van der Waals surface area contributed by atoms with E-state index >= 15 is 0 Å². The van der Waals surface area contributed by atoms with E-state index in [9.17, 15) is 9.59 Å². The standard InChI is InChI=1S/C17H25NO3/c1-12-9-13(2)15(14(3)10-12)11-16(19)18-8-6-4-5-7-17(20)21/h9-10H,4-8,11H2,1-3H3,(H,18,19)(H,20,21). The van der Waals surface area contributed by atoms with Gasteiger partial charge in [0.05, 0.1) is 6.42 Å². The molecule has 4 heteroatoms. The van der Waals surface area contributed by atoms with Crippen LogP contribution in [0.3, 0.4) is 0 Å². The number of amides is 1. The Morgan fingerprint density at radius 2 is 1.67 bits per heavy atom. The van der Waals surface area contributed by atoms with E-state index in [2.05, 4.69) is 24.4 Å². The van der Waals surface area contributed by atoms with E-state index in [0.717, 1.165) is 29.5 Å². The van der Waals surface area contributed by atoms with E-state index in [0.29, 0.717) is 19.4 Å². The van der Waals surface area contributed by atoms with E-state index < -0.39 is 5.97 Å². The minimum absolute atomic E-state index is 0.0308. The summed E-state index contributed by atoms with van der Waals surface area (Å²) in [5.74, 6) is -0.729. The first-order chi connectivity index (χ1) is 9.90. The lowest BCUT2D eigenvalue weighted by Crippen LogP contribution is -2.26. The number of carboxylic acids is 1. The zero-order valence-electron chi connectivity index (χ0n) is 13.2. The van der Waals surface area contributed by atoms with Gasteiger partial charge in [-0.2, -0.15) is 0 Å². The molecule has 0 aliphatic rings. The molecule has 116 valence electrons. The van der Waals surface area contributed by atoms with Crippen molar-refractivity contribution in [2.24, 2.45) is 0 Å². The molecule has 0 bridgehead atoms. The van der Waals surface area contributed by atoms with Gasteiger partial charge in [0.2, 0.25) is 5.91 Å². The zero-order valence-corrected chi connectivity index (χ0v) is 13.2. The Bertz CT molecular complexity index is 486. The van der Waals surface area contributed by atoms with Gasteiger partial charge >= 0.3 is 5.97 Å². The van der Waals surface area contributed by atoms with Crippen molar-refractivity contribution in [3.63, 3.8) is 0 Å². The molecule has 0 heterocycles. The van der Waals surface area contributed by atoms with Crippen molar-refractivity contribution in [3.05, 3.63) is 34.4 Å². The molecule has 0 aliphatic heterocycles. The van der Waals surface area contributed by atoms with Crippen molar-refractivity contribution in [1.82, 2.24) is 5.32 Å². The molecule has 0 saturated heterocycles. The number of unbranched alkanes of at least 4 members (excludes halogenated alkanes) is 2. The maximum Gasteiger partial charge on any atom is 0.303 e. The third-order valence-electron chi connectivity index (χ3n) is 3.57. The Labute approximate surface area is 126 Å². The van der Waals surface area contributed by atoms with Gasteiger partial charge in [-0.05, 0) is 50.3 Å². The Balaban J connectivity index is 2.33. The SMILES string of the molecule is Cc1cc(C)c(CC(=O)NCCCCCC(=O)O)c(C)c1. The van der Waals surface area contributed by atoms with Crippen LogP contribution in [0, 0.1) is 20.8 Å². The Morgan fingerprint density at radius 3 is 2.24 bits per heavy atom. The highest BCUT2D eigenvalue weighted by atomic mass is 16.4. The molecule has 0 aliphatic carbocycles. The summed E-state index contributed by atoms with van der Waals surface area (Å²) in [6.07, 6.45) is 2.93. The number of aliphatic carboxylic acids is 1. The van der Waals surface area contributed by atoms with Crippen LogP contribution in [0.4, 0.5) is 0 Å². The van der Waals surface area contributed by atoms with Crippen LogP contribution in [0.1, 0.15) is 47.9 Å². The highest BCUT2D eigenvalue weighted by Gasteiger charge is 2.09. The smallest absolute Gasteiger partial charge is 0.303 e. The molecule has 0 spiro atoms. The number of rotatable bonds is 8. The molecular formula is C17H25NO3. The molecule has 1 amide bonds. The lowest BCUT2D eigenvalue weighted by molar-refractivity contribution is -0.137. The minimum atomic E-state index is -0.760. The summed E-state index contributed by atoms with van der Waals surface area (Å²) in [4.78, 5) is 22.3. The van der Waals surface area contributed by atoms with Crippen LogP contribution in [0.2, 0.25) is 0 Å². The average molecular weight is 291 g/mol. The van der Waals surface area contributed by atoms with E-state index in [1.165, 1.54) is 5.56 Å². The van der Waals surface area contributed by atoms with Gasteiger partial charge in [0.15, 0.2) is 0 Å². The summed E-state index contributed by atoms with van der Waals surface area (Å²) in [6, 6.07) is 4.20. The fraction of sp³-hybridized carbons (Fsp3) is 0.529. The molecule has 0 fully saturated rings. The summed E-state index contributed by atoms with van der Waals surface area (Å²) in [7, 11) is 0. The fourth-order valence-corrected chi connectivity index (χ4v) is 2.52. The van der Waals surface area contributed by atoms with Gasteiger partial charge in [0.1, 0.15) is 0 Å². The molecule has 0 atom stereocenters. The van der Waals surface area contributed by atoms with Gasteiger partial charge in [-0.3, -0.25) is 9.59 Å². The highest BCUT2D eigenvalue weighted by Crippen LogP contribution is 2.16. The van der Waals surface area contributed by atoms with E-state index in [4.69, 9.17) is 5.11 Å². The molecule has 1 aromatic carbocycles. The second-order valence-electron chi connectivity index (χ2n) is 5.61. The quantitative estimate of drug-likeness (QED) is 0.724. The zero-order chi connectivity index (χ0) is 15.8. The van der Waals surface area contributed by atoms with Crippen LogP contribution >= 0.6 is 0 Å². The maximum atomic E-state index is 11.9. The number of benzene rings is 1. The molecule has 4 nitrogen and oxygen atoms in total. The van der Waals surface area contributed by atoms with Crippen LogP contribution in [-0.4, -0.2) is 23.5 Å². The number of aryl methyl sites for hydroxylation is 3. The van der Waals surface area contributed by atoms with E-state index in [-0.39, 0.29) is 12.3 Å². The number of hydrogen-bond donors (Lipinski definition) is 2. The van der Waals surface area contributed by atoms with Crippen LogP contribution in [-0.2, 0) is 16.0 Å². The van der Waals surface area contributed by atoms with Crippen molar-refractivity contribution in [1.29, 1.82) is 0 Å². The lowest BCUT2D eigenvalue weighted by atomic mass is 9.97. The first-order valence-corrected chi connectivity index (χ1v) is 7.45. The molecule has 21 heavy (non-hydrogen) atoms. The number of hydrogen-bond acceptors (Lipinski definition) is 2. The normalized spacial score (nSPS) is 10.4. The summed E-state index contributed by atoms with van der Waals surface area (Å²) in [6.45, 7) is 6.74. The van der Waals surface area contributed by atoms with Crippen LogP contribution in [0.5, 0.6) is 0 Å². The monoisotopic (exact) mass is 291 g/mol. The summed E-state index contributed by atoms with van der Waals surface area (Å²) in [5.41, 5.74) is 4.63. The molecule has 0 aromatic heterocycles. The van der Waals surface area contributed by atoms with E-state index in [1.54, 1.807) is 0 Å². The number of nitrogens with one attached hydrogen (secondary N) is 1. The third-order valence-corrected chi connectivity index (χ3v) is 3.57. The number of carboxylic acid groups (broad SMARTS) is 1. The first-order valence-electron chi connectivity index (χ1n) is 7.45. The summed E-state index contributed by atoms with van der Waals surface area (Å²) in [5, 5.41) is 11.4. The van der Waals surface area contributed by atoms with Crippen LogP contribution in [0.25, 0.3) is 0 Å². The van der Waals surface area contributed by atoms with Crippen LogP contribution in [0.15, 0.2) is 12.1 Å².